The van der Waals surface area contributed by atoms with E-state index in [4.69, 9.17) is 4.74 Å². The molecule has 2 aromatic carbocycles. The maximum Gasteiger partial charge on any atom is 0.166 e. The highest BCUT2D eigenvalue weighted by atomic mass is 19.1. The molecule has 3 heteroatoms. The number of Topliss-reactive ketones (excluding diaryl/α,β-unsaturated/α-hetero) is 1. The molecule has 0 saturated carbocycles. The van der Waals surface area contributed by atoms with Gasteiger partial charge in [-0.25, -0.2) is 4.39 Å². The zero-order chi connectivity index (χ0) is 13.7. The summed E-state index contributed by atoms with van der Waals surface area (Å²) in [5.41, 5.74) is 1.39. The predicted octanol–water partition coefficient (Wildman–Crippen LogP) is 3.65. The lowest BCUT2D eigenvalue weighted by atomic mass is 10.0. The SMILES string of the molecule is COc1ccccc1C(=O)CCc1cccc(F)c1. The highest BCUT2D eigenvalue weighted by Crippen LogP contribution is 2.20. The van der Waals surface area contributed by atoms with Crippen LogP contribution in [0.3, 0.4) is 0 Å². The second kappa shape index (κ2) is 6.14. The zero-order valence-electron chi connectivity index (χ0n) is 10.7. The van der Waals surface area contributed by atoms with Crippen molar-refractivity contribution in [3.8, 4) is 5.75 Å². The average Bonchev–Trinajstić information content (AvgIpc) is 2.45. The first kappa shape index (κ1) is 13.3. The van der Waals surface area contributed by atoms with Crippen LogP contribution >= 0.6 is 0 Å². The van der Waals surface area contributed by atoms with E-state index in [1.54, 1.807) is 31.4 Å². The Morgan fingerprint density at radius 3 is 2.68 bits per heavy atom. The monoisotopic (exact) mass is 258 g/mol. The molecular weight excluding hydrogens is 243 g/mol. The van der Waals surface area contributed by atoms with E-state index in [-0.39, 0.29) is 11.6 Å². The number of ether oxygens (including phenoxy) is 1. The van der Waals surface area contributed by atoms with Crippen molar-refractivity contribution < 1.29 is 13.9 Å². The molecule has 98 valence electrons. The largest absolute Gasteiger partial charge is 0.496 e. The van der Waals surface area contributed by atoms with Gasteiger partial charge in [-0.2, -0.15) is 0 Å². The van der Waals surface area contributed by atoms with Crippen molar-refractivity contribution >= 4 is 5.78 Å². The van der Waals surface area contributed by atoms with Crippen molar-refractivity contribution in [2.75, 3.05) is 7.11 Å². The fourth-order valence-corrected chi connectivity index (χ4v) is 1.96. The van der Waals surface area contributed by atoms with Crippen molar-refractivity contribution in [3.05, 3.63) is 65.5 Å². The van der Waals surface area contributed by atoms with Crippen LogP contribution in [0, 0.1) is 5.82 Å². The molecule has 0 aromatic heterocycles. The molecule has 19 heavy (non-hydrogen) atoms. The molecule has 0 unspecified atom stereocenters. The second-order valence-corrected chi connectivity index (χ2v) is 4.25. The summed E-state index contributed by atoms with van der Waals surface area (Å²) in [6.07, 6.45) is 0.860. The van der Waals surface area contributed by atoms with Gasteiger partial charge >= 0.3 is 0 Å². The Kier molecular flexibility index (Phi) is 4.29. The third-order valence-electron chi connectivity index (χ3n) is 2.94. The molecule has 0 heterocycles. The minimum Gasteiger partial charge on any atom is -0.496 e. The number of ketones is 1. The van der Waals surface area contributed by atoms with Crippen molar-refractivity contribution in [1.82, 2.24) is 0 Å². The number of para-hydroxylation sites is 1. The Morgan fingerprint density at radius 1 is 1.16 bits per heavy atom. The van der Waals surface area contributed by atoms with E-state index in [1.165, 1.54) is 12.1 Å². The van der Waals surface area contributed by atoms with Crippen molar-refractivity contribution in [2.45, 2.75) is 12.8 Å². The number of hydrogen-bond donors (Lipinski definition) is 0. The van der Waals surface area contributed by atoms with E-state index in [9.17, 15) is 9.18 Å². The number of methoxy groups -OCH3 is 1. The van der Waals surface area contributed by atoms with Gasteiger partial charge in [-0.05, 0) is 36.2 Å². The van der Waals surface area contributed by atoms with E-state index in [0.29, 0.717) is 24.2 Å². The second-order valence-electron chi connectivity index (χ2n) is 4.25. The summed E-state index contributed by atoms with van der Waals surface area (Å²) in [6, 6.07) is 13.4. The number of carbonyl (C=O) groups excluding carboxylic acids is 1. The molecule has 0 amide bonds. The van der Waals surface area contributed by atoms with Crippen LogP contribution in [0.4, 0.5) is 4.39 Å². The summed E-state index contributed by atoms with van der Waals surface area (Å²) in [5, 5.41) is 0. The molecule has 2 aromatic rings. The van der Waals surface area contributed by atoms with Gasteiger partial charge in [0.1, 0.15) is 11.6 Å². The maximum absolute atomic E-state index is 13.0. The molecule has 0 atom stereocenters. The summed E-state index contributed by atoms with van der Waals surface area (Å²) in [4.78, 5) is 12.1. The molecule has 0 aliphatic rings. The van der Waals surface area contributed by atoms with Gasteiger partial charge in [0.2, 0.25) is 0 Å². The maximum atomic E-state index is 13.0. The van der Waals surface area contributed by atoms with Gasteiger partial charge in [0, 0.05) is 6.42 Å². The Bertz CT molecular complexity index is 578. The smallest absolute Gasteiger partial charge is 0.166 e. The van der Waals surface area contributed by atoms with Crippen molar-refractivity contribution in [1.29, 1.82) is 0 Å². The Balaban J connectivity index is 2.05. The normalized spacial score (nSPS) is 10.2. The molecule has 0 fully saturated rings. The van der Waals surface area contributed by atoms with Gasteiger partial charge in [-0.3, -0.25) is 4.79 Å². The number of hydrogen-bond acceptors (Lipinski definition) is 2. The summed E-state index contributed by atoms with van der Waals surface area (Å²) in [5.74, 6) is 0.302. The Labute approximate surface area is 111 Å². The quantitative estimate of drug-likeness (QED) is 0.765. The highest BCUT2D eigenvalue weighted by molar-refractivity contribution is 5.98. The van der Waals surface area contributed by atoms with Crippen molar-refractivity contribution in [3.63, 3.8) is 0 Å². The van der Waals surface area contributed by atoms with Gasteiger partial charge in [-0.1, -0.05) is 24.3 Å². The van der Waals surface area contributed by atoms with E-state index >= 15 is 0 Å². The Hall–Kier alpha value is -2.16. The lowest BCUT2D eigenvalue weighted by Gasteiger charge is -2.07. The van der Waals surface area contributed by atoms with Crippen LogP contribution in [0.1, 0.15) is 22.3 Å². The fraction of sp³-hybridized carbons (Fsp3) is 0.188. The van der Waals surface area contributed by atoms with Crippen LogP contribution in [0.15, 0.2) is 48.5 Å². The number of rotatable bonds is 5. The average molecular weight is 258 g/mol. The third kappa shape index (κ3) is 3.41. The molecule has 0 saturated heterocycles. The van der Waals surface area contributed by atoms with Crippen LogP contribution in [0.25, 0.3) is 0 Å². The van der Waals surface area contributed by atoms with Gasteiger partial charge in [0.05, 0.1) is 12.7 Å². The number of aryl methyl sites for hydroxylation is 1. The van der Waals surface area contributed by atoms with Crippen LogP contribution < -0.4 is 4.74 Å². The highest BCUT2D eigenvalue weighted by Gasteiger charge is 2.11. The molecule has 0 N–H and O–H groups in total. The molecule has 0 radical (unpaired) electrons. The Morgan fingerprint density at radius 2 is 1.95 bits per heavy atom. The molecule has 2 nitrogen and oxygen atoms in total. The van der Waals surface area contributed by atoms with Gasteiger partial charge in [-0.15, -0.1) is 0 Å². The predicted molar refractivity (Wildman–Crippen MR) is 72.0 cm³/mol. The molecule has 0 bridgehead atoms. The minimum atomic E-state index is -0.276. The van der Waals surface area contributed by atoms with Gasteiger partial charge in [0.15, 0.2) is 5.78 Å². The molecule has 0 spiro atoms. The summed E-state index contributed by atoms with van der Waals surface area (Å²) >= 11 is 0. The van der Waals surface area contributed by atoms with E-state index in [2.05, 4.69) is 0 Å². The van der Waals surface area contributed by atoms with Crippen LogP contribution in [0.2, 0.25) is 0 Å². The molecule has 0 aliphatic carbocycles. The minimum absolute atomic E-state index is 0.00158. The lowest BCUT2D eigenvalue weighted by Crippen LogP contribution is -2.03. The third-order valence-corrected chi connectivity index (χ3v) is 2.94. The number of benzene rings is 2. The zero-order valence-corrected chi connectivity index (χ0v) is 10.7. The topological polar surface area (TPSA) is 26.3 Å². The number of halogens is 1. The van der Waals surface area contributed by atoms with E-state index in [0.717, 1.165) is 5.56 Å². The molecule has 0 aliphatic heterocycles. The first-order chi connectivity index (χ1) is 9.20. The standard InChI is InChI=1S/C16H15FO2/c1-19-16-8-3-2-7-14(16)15(18)10-9-12-5-4-6-13(17)11-12/h2-8,11H,9-10H2,1H3. The molecular formula is C16H15FO2. The summed E-state index contributed by atoms with van der Waals surface area (Å²) < 4.78 is 18.2. The van der Waals surface area contributed by atoms with Crippen LogP contribution in [-0.2, 0) is 6.42 Å². The van der Waals surface area contributed by atoms with E-state index in [1.807, 2.05) is 12.1 Å². The lowest BCUT2D eigenvalue weighted by molar-refractivity contribution is 0.0980. The van der Waals surface area contributed by atoms with Crippen LogP contribution in [-0.4, -0.2) is 12.9 Å². The van der Waals surface area contributed by atoms with Crippen molar-refractivity contribution in [2.24, 2.45) is 0 Å². The van der Waals surface area contributed by atoms with Gasteiger partial charge < -0.3 is 4.74 Å². The summed E-state index contributed by atoms with van der Waals surface area (Å²) in [6.45, 7) is 0. The first-order valence-electron chi connectivity index (χ1n) is 6.11. The summed E-state index contributed by atoms with van der Waals surface area (Å²) in [7, 11) is 1.54. The fourth-order valence-electron chi connectivity index (χ4n) is 1.96. The van der Waals surface area contributed by atoms with Gasteiger partial charge in [0.25, 0.3) is 0 Å². The van der Waals surface area contributed by atoms with E-state index < -0.39 is 0 Å². The molecule has 2 rings (SSSR count). The number of carbonyl (C=O) groups is 1. The first-order valence-corrected chi connectivity index (χ1v) is 6.11. The van der Waals surface area contributed by atoms with Crippen LogP contribution in [0.5, 0.6) is 5.75 Å².